The smallest absolute Gasteiger partial charge is 0.313 e. The third-order valence-corrected chi connectivity index (χ3v) is 4.65. The summed E-state index contributed by atoms with van der Waals surface area (Å²) in [7, 11) is 0. The Morgan fingerprint density at radius 2 is 2.15 bits per heavy atom. The van der Waals surface area contributed by atoms with Crippen LogP contribution in [0.1, 0.15) is 0 Å². The fraction of sp³-hybridized carbons (Fsp3) is 0. The first-order chi connectivity index (χ1) is 6.16. The van der Waals surface area contributed by atoms with Crippen LogP contribution in [0.4, 0.5) is 0 Å². The maximum Gasteiger partial charge on any atom is 0.313 e. The minimum atomic E-state index is 0.0515. The molecule has 68 valence electrons. The third-order valence-electron chi connectivity index (χ3n) is 1.26. The van der Waals surface area contributed by atoms with E-state index in [-0.39, 0.29) is 5.35 Å². The molecule has 2 heterocycles. The predicted molar refractivity (Wildman–Crippen MR) is 58.0 cm³/mol. The highest BCUT2D eigenvalue weighted by Crippen LogP contribution is 2.37. The molecule has 0 saturated heterocycles. The lowest BCUT2D eigenvalue weighted by atomic mass is 10.5. The van der Waals surface area contributed by atoms with E-state index < -0.39 is 0 Å². The van der Waals surface area contributed by atoms with Gasteiger partial charge in [0.05, 0.1) is 8.66 Å². The van der Waals surface area contributed by atoms with Crippen LogP contribution in [-0.4, -0.2) is 10.2 Å². The van der Waals surface area contributed by atoms with Crippen LogP contribution in [0.25, 0.3) is 10.8 Å². The molecular weight excluding hydrogens is 343 g/mol. The molecule has 0 N–H and O–H groups in total. The first kappa shape index (κ1) is 9.64. The highest BCUT2D eigenvalue weighted by Gasteiger charge is 2.11. The maximum atomic E-state index is 5.50. The van der Waals surface area contributed by atoms with Crippen molar-refractivity contribution in [3.8, 4) is 10.8 Å². The zero-order chi connectivity index (χ0) is 9.42. The summed E-state index contributed by atoms with van der Waals surface area (Å²) in [5.74, 6) is 0.432. The van der Waals surface area contributed by atoms with E-state index in [0.29, 0.717) is 5.89 Å². The first-order valence-corrected chi connectivity index (χ1v) is 5.89. The van der Waals surface area contributed by atoms with Gasteiger partial charge < -0.3 is 4.42 Å². The minimum Gasteiger partial charge on any atom is -0.407 e. The van der Waals surface area contributed by atoms with Crippen LogP contribution < -0.4 is 0 Å². The summed E-state index contributed by atoms with van der Waals surface area (Å²) < 4.78 is 6.99. The van der Waals surface area contributed by atoms with Crippen LogP contribution in [0, 0.1) is 0 Å². The van der Waals surface area contributed by atoms with Crippen molar-refractivity contribution in [3.63, 3.8) is 0 Å². The predicted octanol–water partition coefficient (Wildman–Crippen LogP) is 3.98. The van der Waals surface area contributed by atoms with E-state index in [1.54, 1.807) is 0 Å². The molecular formula is C6HBr2ClN2OS. The fourth-order valence-electron chi connectivity index (χ4n) is 0.757. The Balaban J connectivity index is 2.46. The normalized spacial score (nSPS) is 10.7. The van der Waals surface area contributed by atoms with Crippen LogP contribution in [0.3, 0.4) is 0 Å². The highest BCUT2D eigenvalue weighted by atomic mass is 79.9. The van der Waals surface area contributed by atoms with Gasteiger partial charge in [0, 0.05) is 4.47 Å². The number of nitrogens with zero attached hydrogens (tertiary/aromatic N) is 2. The van der Waals surface area contributed by atoms with Gasteiger partial charge in [-0.15, -0.1) is 16.4 Å². The molecule has 2 aromatic heterocycles. The molecule has 0 fully saturated rings. The Morgan fingerprint density at radius 3 is 2.62 bits per heavy atom. The van der Waals surface area contributed by atoms with E-state index in [9.17, 15) is 0 Å². The van der Waals surface area contributed by atoms with E-state index in [1.807, 2.05) is 6.07 Å². The largest absolute Gasteiger partial charge is 0.407 e. The average Bonchev–Trinajstić information content (AvgIpc) is 2.61. The Kier molecular flexibility index (Phi) is 2.73. The third kappa shape index (κ3) is 1.96. The van der Waals surface area contributed by atoms with Gasteiger partial charge in [0.25, 0.3) is 5.89 Å². The molecule has 0 aromatic carbocycles. The second-order valence-corrected chi connectivity index (χ2v) is 5.64. The Morgan fingerprint density at radius 1 is 1.38 bits per heavy atom. The summed E-state index contributed by atoms with van der Waals surface area (Å²) >= 11 is 13.7. The van der Waals surface area contributed by atoms with Gasteiger partial charge in [0.2, 0.25) is 0 Å². The lowest BCUT2D eigenvalue weighted by Gasteiger charge is -1.82. The average molecular weight is 344 g/mol. The first-order valence-electron chi connectivity index (χ1n) is 3.11. The van der Waals surface area contributed by atoms with E-state index >= 15 is 0 Å². The quantitative estimate of drug-likeness (QED) is 0.785. The number of aromatic nitrogens is 2. The van der Waals surface area contributed by atoms with Gasteiger partial charge >= 0.3 is 5.35 Å². The van der Waals surface area contributed by atoms with Crippen molar-refractivity contribution in [1.82, 2.24) is 10.2 Å². The highest BCUT2D eigenvalue weighted by molar-refractivity contribution is 9.13. The van der Waals surface area contributed by atoms with Gasteiger partial charge in [0.1, 0.15) is 0 Å². The molecule has 0 spiro atoms. The molecule has 0 radical (unpaired) electrons. The SMILES string of the molecule is Clc1nnc(-c2cc(Br)c(Br)s2)o1. The van der Waals surface area contributed by atoms with Gasteiger partial charge in [-0.3, -0.25) is 0 Å². The zero-order valence-corrected chi connectivity index (χ0v) is 10.7. The fourth-order valence-corrected chi connectivity index (χ4v) is 2.82. The van der Waals surface area contributed by atoms with Crippen LogP contribution >= 0.6 is 54.8 Å². The van der Waals surface area contributed by atoms with Crippen molar-refractivity contribution in [3.05, 3.63) is 19.7 Å². The van der Waals surface area contributed by atoms with E-state index in [4.69, 9.17) is 16.0 Å². The minimum absolute atomic E-state index is 0.0515. The number of halogens is 3. The topological polar surface area (TPSA) is 38.9 Å². The molecule has 3 nitrogen and oxygen atoms in total. The Hall–Kier alpha value is 0.0900. The van der Waals surface area contributed by atoms with Gasteiger partial charge in [-0.05, 0) is 49.5 Å². The second kappa shape index (κ2) is 3.68. The van der Waals surface area contributed by atoms with Crippen molar-refractivity contribution in [2.45, 2.75) is 0 Å². The van der Waals surface area contributed by atoms with Crippen molar-refractivity contribution in [2.75, 3.05) is 0 Å². The number of hydrogen-bond acceptors (Lipinski definition) is 4. The Labute approximate surface area is 99.4 Å². The Bertz CT molecular complexity index is 422. The molecule has 0 aliphatic carbocycles. The number of rotatable bonds is 1. The van der Waals surface area contributed by atoms with Crippen molar-refractivity contribution in [2.24, 2.45) is 0 Å². The molecule has 0 atom stereocenters. The molecule has 0 aliphatic rings. The van der Waals surface area contributed by atoms with Gasteiger partial charge in [-0.2, -0.15) is 0 Å². The standard InChI is InChI=1S/C6HBr2ClN2OS/c7-2-1-3(13-4(2)8)5-10-11-6(9)12-5/h1H. The molecule has 13 heavy (non-hydrogen) atoms. The van der Waals surface area contributed by atoms with Crippen LogP contribution in [0.5, 0.6) is 0 Å². The molecule has 0 aliphatic heterocycles. The van der Waals surface area contributed by atoms with Gasteiger partial charge in [-0.25, -0.2) is 0 Å². The molecule has 2 rings (SSSR count). The van der Waals surface area contributed by atoms with Crippen molar-refractivity contribution in [1.29, 1.82) is 0 Å². The maximum absolute atomic E-state index is 5.50. The van der Waals surface area contributed by atoms with Crippen LogP contribution in [-0.2, 0) is 0 Å². The lowest BCUT2D eigenvalue weighted by Crippen LogP contribution is -1.69. The summed E-state index contributed by atoms with van der Waals surface area (Å²) in [6, 6.07) is 1.89. The number of thiophene rings is 1. The molecule has 2 aromatic rings. The summed E-state index contributed by atoms with van der Waals surface area (Å²) in [6.45, 7) is 0. The summed E-state index contributed by atoms with van der Waals surface area (Å²) in [5.41, 5.74) is 0. The number of hydrogen-bond donors (Lipinski definition) is 0. The van der Waals surface area contributed by atoms with E-state index in [2.05, 4.69) is 42.1 Å². The molecule has 0 bridgehead atoms. The van der Waals surface area contributed by atoms with Crippen LogP contribution in [0.2, 0.25) is 5.35 Å². The summed E-state index contributed by atoms with van der Waals surface area (Å²) in [6.07, 6.45) is 0. The van der Waals surface area contributed by atoms with Gasteiger partial charge in [0.15, 0.2) is 0 Å². The monoisotopic (exact) mass is 342 g/mol. The van der Waals surface area contributed by atoms with Crippen LogP contribution in [0.15, 0.2) is 18.7 Å². The molecule has 0 unspecified atom stereocenters. The molecule has 0 saturated carbocycles. The van der Waals surface area contributed by atoms with E-state index in [0.717, 1.165) is 13.1 Å². The van der Waals surface area contributed by atoms with E-state index in [1.165, 1.54) is 11.3 Å². The van der Waals surface area contributed by atoms with Crippen molar-refractivity contribution < 1.29 is 4.42 Å². The van der Waals surface area contributed by atoms with Gasteiger partial charge in [-0.1, -0.05) is 5.10 Å². The second-order valence-electron chi connectivity index (χ2n) is 2.09. The van der Waals surface area contributed by atoms with Crippen molar-refractivity contribution >= 4 is 54.8 Å². The summed E-state index contributed by atoms with van der Waals surface area (Å²) in [4.78, 5) is 0.873. The zero-order valence-electron chi connectivity index (χ0n) is 5.92. The molecule has 7 heteroatoms. The molecule has 0 amide bonds. The summed E-state index contributed by atoms with van der Waals surface area (Å²) in [5, 5.41) is 7.37. The lowest BCUT2D eigenvalue weighted by molar-refractivity contribution is 0.572.